The van der Waals surface area contributed by atoms with Crippen molar-refractivity contribution in [1.82, 2.24) is 14.8 Å². The van der Waals surface area contributed by atoms with Gasteiger partial charge in [-0.25, -0.2) is 4.68 Å². The molecule has 2 aromatic heterocycles. The van der Waals surface area contributed by atoms with E-state index in [0.717, 1.165) is 22.5 Å². The number of carbonyl (C=O) groups is 1. The largest absolute Gasteiger partial charge is 0.322 e. The SMILES string of the molecule is N#Cc1cccc(NC(=O)/C=C/c2cn(-c3ccccc3)nc2-c2cccnc2)c1. The van der Waals surface area contributed by atoms with Crippen LogP contribution in [-0.4, -0.2) is 20.7 Å². The molecule has 0 spiro atoms. The molecule has 0 atom stereocenters. The predicted molar refractivity (Wildman–Crippen MR) is 116 cm³/mol. The van der Waals surface area contributed by atoms with Gasteiger partial charge in [0.05, 0.1) is 17.3 Å². The van der Waals surface area contributed by atoms with Crippen LogP contribution in [0.3, 0.4) is 0 Å². The van der Waals surface area contributed by atoms with Crippen LogP contribution in [0.4, 0.5) is 5.69 Å². The molecular formula is C24H17N5O. The van der Waals surface area contributed by atoms with Gasteiger partial charge in [-0.05, 0) is 48.5 Å². The molecule has 0 aliphatic heterocycles. The summed E-state index contributed by atoms with van der Waals surface area (Å²) in [4.78, 5) is 16.6. The van der Waals surface area contributed by atoms with Crippen molar-refractivity contribution in [1.29, 1.82) is 5.26 Å². The third kappa shape index (κ3) is 4.32. The topological polar surface area (TPSA) is 83.6 Å². The monoisotopic (exact) mass is 391 g/mol. The summed E-state index contributed by atoms with van der Waals surface area (Å²) in [6, 6.07) is 22.4. The summed E-state index contributed by atoms with van der Waals surface area (Å²) in [5.41, 5.74) is 4.33. The molecule has 0 aliphatic carbocycles. The van der Waals surface area contributed by atoms with Crippen molar-refractivity contribution in [2.45, 2.75) is 0 Å². The number of amides is 1. The summed E-state index contributed by atoms with van der Waals surface area (Å²) in [6.07, 6.45) is 8.49. The zero-order valence-electron chi connectivity index (χ0n) is 15.9. The molecule has 0 bridgehead atoms. The van der Waals surface area contributed by atoms with Crippen molar-refractivity contribution in [2.75, 3.05) is 5.32 Å². The number of rotatable bonds is 5. The van der Waals surface area contributed by atoms with E-state index in [1.807, 2.05) is 48.7 Å². The van der Waals surface area contributed by atoms with Gasteiger partial charge in [-0.3, -0.25) is 9.78 Å². The highest BCUT2D eigenvalue weighted by atomic mass is 16.1. The molecule has 30 heavy (non-hydrogen) atoms. The number of pyridine rings is 1. The van der Waals surface area contributed by atoms with Crippen molar-refractivity contribution < 1.29 is 4.79 Å². The zero-order chi connectivity index (χ0) is 20.8. The fourth-order valence-electron chi connectivity index (χ4n) is 2.97. The number of hydrogen-bond donors (Lipinski definition) is 1. The Bertz CT molecular complexity index is 1240. The van der Waals surface area contributed by atoms with E-state index in [2.05, 4.69) is 16.4 Å². The standard InChI is InChI=1S/C24H17N5O/c25-15-18-6-4-8-21(14-18)27-23(30)12-11-20-17-29(22-9-2-1-3-10-22)28-24(20)19-7-5-13-26-16-19/h1-14,16-17H,(H,27,30)/b12-11+. The second-order valence-corrected chi connectivity index (χ2v) is 6.47. The molecule has 0 radical (unpaired) electrons. The van der Waals surface area contributed by atoms with E-state index in [1.54, 1.807) is 47.4 Å². The molecule has 2 heterocycles. The molecular weight excluding hydrogens is 374 g/mol. The van der Waals surface area contributed by atoms with E-state index in [1.165, 1.54) is 6.08 Å². The average molecular weight is 391 g/mol. The molecule has 4 rings (SSSR count). The Morgan fingerprint density at radius 1 is 1.07 bits per heavy atom. The second-order valence-electron chi connectivity index (χ2n) is 6.47. The molecule has 1 N–H and O–H groups in total. The highest BCUT2D eigenvalue weighted by molar-refractivity contribution is 6.02. The van der Waals surface area contributed by atoms with E-state index >= 15 is 0 Å². The van der Waals surface area contributed by atoms with Crippen LogP contribution in [-0.2, 0) is 4.79 Å². The van der Waals surface area contributed by atoms with Gasteiger partial charge in [-0.1, -0.05) is 24.3 Å². The fraction of sp³-hybridized carbons (Fsp3) is 0. The van der Waals surface area contributed by atoms with Crippen LogP contribution < -0.4 is 5.32 Å². The molecule has 0 aliphatic rings. The van der Waals surface area contributed by atoms with Gasteiger partial charge in [0.25, 0.3) is 0 Å². The average Bonchev–Trinajstić information content (AvgIpc) is 3.23. The predicted octanol–water partition coefficient (Wildman–Crippen LogP) is 4.46. The van der Waals surface area contributed by atoms with Gasteiger partial charge in [0.2, 0.25) is 5.91 Å². The minimum absolute atomic E-state index is 0.297. The Morgan fingerprint density at radius 2 is 1.93 bits per heavy atom. The van der Waals surface area contributed by atoms with E-state index in [-0.39, 0.29) is 5.91 Å². The number of nitriles is 1. The number of hydrogen-bond acceptors (Lipinski definition) is 4. The molecule has 2 aromatic carbocycles. The van der Waals surface area contributed by atoms with Gasteiger partial charge in [-0.2, -0.15) is 10.4 Å². The van der Waals surface area contributed by atoms with Crippen LogP contribution in [0.25, 0.3) is 23.0 Å². The summed E-state index contributed by atoms with van der Waals surface area (Å²) in [5.74, 6) is -0.297. The summed E-state index contributed by atoms with van der Waals surface area (Å²) < 4.78 is 1.77. The lowest BCUT2D eigenvalue weighted by molar-refractivity contribution is -0.111. The first-order valence-electron chi connectivity index (χ1n) is 9.27. The van der Waals surface area contributed by atoms with Crippen LogP contribution in [0.1, 0.15) is 11.1 Å². The molecule has 6 heteroatoms. The minimum atomic E-state index is -0.297. The number of anilines is 1. The van der Waals surface area contributed by atoms with Crippen LogP contribution in [0.15, 0.2) is 91.4 Å². The molecule has 0 fully saturated rings. The number of benzene rings is 2. The maximum atomic E-state index is 12.4. The Hall–Kier alpha value is -4.50. The number of nitrogens with one attached hydrogen (secondary N) is 1. The summed E-state index contributed by atoms with van der Waals surface area (Å²) >= 11 is 0. The normalized spacial score (nSPS) is 10.6. The Labute approximate surface area is 173 Å². The third-order valence-corrected chi connectivity index (χ3v) is 4.37. The van der Waals surface area contributed by atoms with Crippen molar-refractivity contribution in [2.24, 2.45) is 0 Å². The van der Waals surface area contributed by atoms with E-state index in [9.17, 15) is 4.79 Å². The molecule has 6 nitrogen and oxygen atoms in total. The van der Waals surface area contributed by atoms with Gasteiger partial charge in [0.1, 0.15) is 5.69 Å². The van der Waals surface area contributed by atoms with E-state index in [0.29, 0.717) is 11.3 Å². The first kappa shape index (κ1) is 18.8. The number of para-hydroxylation sites is 1. The maximum Gasteiger partial charge on any atom is 0.248 e. The molecule has 0 saturated heterocycles. The molecule has 1 amide bonds. The lowest BCUT2D eigenvalue weighted by Gasteiger charge is -2.02. The quantitative estimate of drug-likeness (QED) is 0.509. The number of carbonyl (C=O) groups excluding carboxylic acids is 1. The number of nitrogens with zero attached hydrogens (tertiary/aromatic N) is 4. The second kappa shape index (κ2) is 8.67. The summed E-state index contributed by atoms with van der Waals surface area (Å²) in [5, 5.41) is 16.5. The zero-order valence-corrected chi connectivity index (χ0v) is 15.9. The van der Waals surface area contributed by atoms with Gasteiger partial charge >= 0.3 is 0 Å². The number of aromatic nitrogens is 3. The fourth-order valence-corrected chi connectivity index (χ4v) is 2.97. The smallest absolute Gasteiger partial charge is 0.248 e. The van der Waals surface area contributed by atoms with Crippen LogP contribution in [0.2, 0.25) is 0 Å². The Morgan fingerprint density at radius 3 is 2.70 bits per heavy atom. The van der Waals surface area contributed by atoms with Gasteiger partial charge in [0.15, 0.2) is 0 Å². The summed E-state index contributed by atoms with van der Waals surface area (Å²) in [6.45, 7) is 0. The van der Waals surface area contributed by atoms with E-state index < -0.39 is 0 Å². The Balaban J connectivity index is 1.63. The maximum absolute atomic E-state index is 12.4. The third-order valence-electron chi connectivity index (χ3n) is 4.37. The first-order valence-corrected chi connectivity index (χ1v) is 9.27. The minimum Gasteiger partial charge on any atom is -0.322 e. The van der Waals surface area contributed by atoms with Gasteiger partial charge < -0.3 is 5.32 Å². The summed E-state index contributed by atoms with van der Waals surface area (Å²) in [7, 11) is 0. The molecule has 144 valence electrons. The lowest BCUT2D eigenvalue weighted by Crippen LogP contribution is -2.07. The van der Waals surface area contributed by atoms with Crippen molar-refractivity contribution in [3.63, 3.8) is 0 Å². The van der Waals surface area contributed by atoms with Crippen molar-refractivity contribution in [3.8, 4) is 23.0 Å². The highest BCUT2D eigenvalue weighted by Crippen LogP contribution is 2.24. The van der Waals surface area contributed by atoms with Crippen molar-refractivity contribution in [3.05, 3.63) is 103 Å². The first-order chi connectivity index (χ1) is 14.7. The lowest BCUT2D eigenvalue weighted by atomic mass is 10.1. The van der Waals surface area contributed by atoms with Crippen LogP contribution in [0.5, 0.6) is 0 Å². The van der Waals surface area contributed by atoms with Gasteiger partial charge in [0, 0.05) is 41.5 Å². The molecule has 0 unspecified atom stereocenters. The Kier molecular flexibility index (Phi) is 5.45. The molecule has 4 aromatic rings. The highest BCUT2D eigenvalue weighted by Gasteiger charge is 2.11. The van der Waals surface area contributed by atoms with Gasteiger partial charge in [-0.15, -0.1) is 0 Å². The van der Waals surface area contributed by atoms with Crippen LogP contribution >= 0.6 is 0 Å². The van der Waals surface area contributed by atoms with Crippen LogP contribution in [0, 0.1) is 11.3 Å². The van der Waals surface area contributed by atoms with Crippen molar-refractivity contribution >= 4 is 17.7 Å². The molecule has 0 saturated carbocycles. The van der Waals surface area contributed by atoms with E-state index in [4.69, 9.17) is 10.4 Å².